The van der Waals surface area contributed by atoms with Crippen molar-refractivity contribution < 1.29 is 22.7 Å². The summed E-state index contributed by atoms with van der Waals surface area (Å²) in [6.07, 6.45) is 0. The minimum absolute atomic E-state index is 0.0798. The van der Waals surface area contributed by atoms with E-state index in [1.807, 2.05) is 36.4 Å². The number of carbonyl (C=O) groups is 1. The van der Waals surface area contributed by atoms with Gasteiger partial charge in [-0.3, -0.25) is 4.79 Å². The minimum atomic E-state index is -3.88. The molecule has 0 aromatic heterocycles. The van der Waals surface area contributed by atoms with Gasteiger partial charge in [-0.25, -0.2) is 8.42 Å². The van der Waals surface area contributed by atoms with Gasteiger partial charge in [-0.15, -0.1) is 0 Å². The summed E-state index contributed by atoms with van der Waals surface area (Å²) >= 11 is 0. The molecule has 0 aliphatic carbocycles. The summed E-state index contributed by atoms with van der Waals surface area (Å²) in [6.45, 7) is 3.97. The summed E-state index contributed by atoms with van der Waals surface area (Å²) in [7, 11) is -2.65. The highest BCUT2D eigenvalue weighted by Crippen LogP contribution is 2.25. The van der Waals surface area contributed by atoms with E-state index < -0.39 is 22.0 Å². The quantitative estimate of drug-likeness (QED) is 0.302. The van der Waals surface area contributed by atoms with Crippen molar-refractivity contribution in [2.24, 2.45) is 5.92 Å². The van der Waals surface area contributed by atoms with Gasteiger partial charge in [-0.1, -0.05) is 74.5 Å². The zero-order chi connectivity index (χ0) is 25.7. The fourth-order valence-electron chi connectivity index (χ4n) is 3.88. The van der Waals surface area contributed by atoms with Crippen molar-refractivity contribution in [1.29, 1.82) is 0 Å². The molecule has 186 valence electrons. The van der Waals surface area contributed by atoms with E-state index in [2.05, 4.69) is 35.1 Å². The Morgan fingerprint density at radius 3 is 2.06 bits per heavy atom. The SMILES string of the molecule is COC(=O)[C@H](NS(=O)(=O)c1ccc(-c2ccc(OCc3ccc4ccccc4c3)cc2)cc1)C(C)C. The molecule has 0 radical (unpaired) electrons. The molecule has 7 heteroatoms. The van der Waals surface area contributed by atoms with Crippen molar-refractivity contribution in [3.63, 3.8) is 0 Å². The molecule has 36 heavy (non-hydrogen) atoms. The lowest BCUT2D eigenvalue weighted by molar-refractivity contribution is -0.143. The smallest absolute Gasteiger partial charge is 0.324 e. The lowest BCUT2D eigenvalue weighted by Crippen LogP contribution is -2.44. The maximum Gasteiger partial charge on any atom is 0.324 e. The van der Waals surface area contributed by atoms with Gasteiger partial charge in [-0.2, -0.15) is 4.72 Å². The Morgan fingerprint density at radius 1 is 0.833 bits per heavy atom. The van der Waals surface area contributed by atoms with E-state index in [0.29, 0.717) is 6.61 Å². The van der Waals surface area contributed by atoms with Gasteiger partial charge in [-0.05, 0) is 63.7 Å². The van der Waals surface area contributed by atoms with Gasteiger partial charge >= 0.3 is 5.97 Å². The summed E-state index contributed by atoms with van der Waals surface area (Å²) in [4.78, 5) is 12.0. The normalized spacial score (nSPS) is 12.4. The van der Waals surface area contributed by atoms with Crippen LogP contribution < -0.4 is 9.46 Å². The van der Waals surface area contributed by atoms with Crippen LogP contribution >= 0.6 is 0 Å². The fraction of sp³-hybridized carbons (Fsp3) is 0.207. The molecule has 0 spiro atoms. The maximum absolute atomic E-state index is 12.8. The van der Waals surface area contributed by atoms with Gasteiger partial charge in [0.1, 0.15) is 18.4 Å². The van der Waals surface area contributed by atoms with Crippen molar-refractivity contribution in [1.82, 2.24) is 4.72 Å². The maximum atomic E-state index is 12.8. The molecule has 0 fully saturated rings. The zero-order valence-corrected chi connectivity index (χ0v) is 21.3. The highest BCUT2D eigenvalue weighted by molar-refractivity contribution is 7.89. The Labute approximate surface area is 211 Å². The van der Waals surface area contributed by atoms with E-state index in [9.17, 15) is 13.2 Å². The van der Waals surface area contributed by atoms with Gasteiger partial charge in [0.25, 0.3) is 0 Å². The molecule has 0 aliphatic heterocycles. The number of esters is 1. The van der Waals surface area contributed by atoms with Crippen LogP contribution in [0.3, 0.4) is 0 Å². The molecule has 6 nitrogen and oxygen atoms in total. The average molecular weight is 504 g/mol. The van der Waals surface area contributed by atoms with E-state index in [0.717, 1.165) is 22.4 Å². The second-order valence-corrected chi connectivity index (χ2v) is 10.6. The summed E-state index contributed by atoms with van der Waals surface area (Å²) < 4.78 is 38.7. The van der Waals surface area contributed by atoms with Crippen LogP contribution in [0.5, 0.6) is 5.75 Å². The summed E-state index contributed by atoms with van der Waals surface area (Å²) in [5, 5.41) is 2.38. The van der Waals surface area contributed by atoms with Gasteiger partial charge in [0, 0.05) is 0 Å². The van der Waals surface area contributed by atoms with Crippen LogP contribution in [0.15, 0.2) is 95.9 Å². The molecular weight excluding hydrogens is 474 g/mol. The number of benzene rings is 4. The number of ether oxygens (including phenoxy) is 2. The Hall–Kier alpha value is -3.68. The topological polar surface area (TPSA) is 81.7 Å². The minimum Gasteiger partial charge on any atom is -0.489 e. The van der Waals surface area contributed by atoms with Crippen molar-refractivity contribution in [3.05, 3.63) is 96.6 Å². The first-order chi connectivity index (χ1) is 17.3. The summed E-state index contributed by atoms with van der Waals surface area (Å²) in [6, 6.07) is 27.7. The highest BCUT2D eigenvalue weighted by atomic mass is 32.2. The van der Waals surface area contributed by atoms with E-state index >= 15 is 0 Å². The lowest BCUT2D eigenvalue weighted by Gasteiger charge is -2.19. The number of hydrogen-bond acceptors (Lipinski definition) is 5. The van der Waals surface area contributed by atoms with Crippen molar-refractivity contribution in [3.8, 4) is 16.9 Å². The highest BCUT2D eigenvalue weighted by Gasteiger charge is 2.29. The molecule has 0 aliphatic rings. The van der Waals surface area contributed by atoms with Crippen molar-refractivity contribution in [2.75, 3.05) is 7.11 Å². The molecule has 4 aromatic carbocycles. The molecule has 0 saturated carbocycles. The van der Waals surface area contributed by atoms with Gasteiger partial charge in [0.2, 0.25) is 10.0 Å². The number of hydrogen-bond donors (Lipinski definition) is 1. The number of carbonyl (C=O) groups excluding carboxylic acids is 1. The molecule has 4 aromatic rings. The van der Waals surface area contributed by atoms with Crippen molar-refractivity contribution >= 4 is 26.8 Å². The third-order valence-electron chi connectivity index (χ3n) is 5.98. The van der Waals surface area contributed by atoms with E-state index in [-0.39, 0.29) is 10.8 Å². The first-order valence-electron chi connectivity index (χ1n) is 11.7. The van der Waals surface area contributed by atoms with E-state index in [4.69, 9.17) is 9.47 Å². The van der Waals surface area contributed by atoms with Crippen LogP contribution in [0.1, 0.15) is 19.4 Å². The van der Waals surface area contributed by atoms with Crippen LogP contribution in [-0.2, 0) is 26.2 Å². The van der Waals surface area contributed by atoms with Crippen LogP contribution in [0.2, 0.25) is 0 Å². The van der Waals surface area contributed by atoms with Crippen molar-refractivity contribution in [2.45, 2.75) is 31.4 Å². The summed E-state index contributed by atoms with van der Waals surface area (Å²) in [5.41, 5.74) is 2.89. The lowest BCUT2D eigenvalue weighted by atomic mass is 10.1. The standard InChI is InChI=1S/C29H29NO5S/c1-20(2)28(29(31)34-3)30-36(32,33)27-16-12-24(13-17-27)23-10-14-26(15-11-23)35-19-21-8-9-22-6-4-5-7-25(22)18-21/h4-18,20,28,30H,19H2,1-3H3/t28-/m1/s1. The molecule has 0 unspecified atom stereocenters. The molecule has 0 heterocycles. The van der Waals surface area contributed by atoms with Crippen LogP contribution in [0.25, 0.3) is 21.9 Å². The van der Waals surface area contributed by atoms with Crippen LogP contribution in [0, 0.1) is 5.92 Å². The molecule has 0 saturated heterocycles. The third kappa shape index (κ3) is 5.93. The molecule has 1 atom stereocenters. The Bertz CT molecular complexity index is 1450. The Kier molecular flexibility index (Phi) is 7.72. The Morgan fingerprint density at radius 2 is 1.44 bits per heavy atom. The predicted molar refractivity (Wildman–Crippen MR) is 141 cm³/mol. The largest absolute Gasteiger partial charge is 0.489 e. The number of nitrogens with one attached hydrogen (secondary N) is 1. The predicted octanol–water partition coefficient (Wildman–Crippen LogP) is 5.56. The molecule has 0 amide bonds. The van der Waals surface area contributed by atoms with Crippen LogP contribution in [-0.4, -0.2) is 27.5 Å². The molecule has 0 bridgehead atoms. The zero-order valence-electron chi connectivity index (χ0n) is 20.5. The second-order valence-electron chi connectivity index (χ2n) is 8.89. The molecular formula is C29H29NO5S. The summed E-state index contributed by atoms with van der Waals surface area (Å²) in [5.74, 6) is -0.126. The fourth-order valence-corrected chi connectivity index (χ4v) is 5.22. The van der Waals surface area contributed by atoms with Gasteiger partial charge < -0.3 is 9.47 Å². The van der Waals surface area contributed by atoms with E-state index in [1.165, 1.54) is 30.0 Å². The number of fused-ring (bicyclic) bond motifs is 1. The number of sulfonamides is 1. The molecule has 4 rings (SSSR count). The van der Waals surface area contributed by atoms with E-state index in [1.54, 1.807) is 26.0 Å². The first kappa shape index (κ1) is 25.4. The molecule has 1 N–H and O–H groups in total. The van der Waals surface area contributed by atoms with Crippen LogP contribution in [0.4, 0.5) is 0 Å². The second kappa shape index (κ2) is 10.9. The average Bonchev–Trinajstić information content (AvgIpc) is 2.90. The monoisotopic (exact) mass is 503 g/mol. The first-order valence-corrected chi connectivity index (χ1v) is 13.2. The van der Waals surface area contributed by atoms with Gasteiger partial charge in [0.15, 0.2) is 0 Å². The number of methoxy groups -OCH3 is 1. The van der Waals surface area contributed by atoms with Gasteiger partial charge in [0.05, 0.1) is 12.0 Å². The Balaban J connectivity index is 1.41. The number of rotatable bonds is 9. The third-order valence-corrected chi connectivity index (χ3v) is 7.43.